The standard InChI is InChI=1S/C9H8F2N2O2/c10-9(11,5-14)6-15-8-2-1-7(3-12)4-13-8/h1-2,4,14H,5-6H2. The van der Waals surface area contributed by atoms with Crippen molar-refractivity contribution in [2.24, 2.45) is 0 Å². The molecule has 6 heteroatoms. The average molecular weight is 214 g/mol. The number of aliphatic hydroxyl groups is 1. The van der Waals surface area contributed by atoms with Crippen molar-refractivity contribution in [1.82, 2.24) is 4.98 Å². The Bertz CT molecular complexity index is 359. The quantitative estimate of drug-likeness (QED) is 0.810. The van der Waals surface area contributed by atoms with E-state index in [9.17, 15) is 8.78 Å². The minimum Gasteiger partial charge on any atom is -0.471 e. The molecule has 0 radical (unpaired) electrons. The lowest BCUT2D eigenvalue weighted by Crippen LogP contribution is -2.29. The maximum atomic E-state index is 12.5. The Balaban J connectivity index is 2.56. The number of nitrogens with zero attached hydrogens (tertiary/aromatic N) is 2. The van der Waals surface area contributed by atoms with Crippen molar-refractivity contribution < 1.29 is 18.6 Å². The van der Waals surface area contributed by atoms with Gasteiger partial charge in [-0.3, -0.25) is 0 Å². The van der Waals surface area contributed by atoms with E-state index in [-0.39, 0.29) is 5.88 Å². The van der Waals surface area contributed by atoms with Gasteiger partial charge in [0.1, 0.15) is 12.7 Å². The Morgan fingerprint density at radius 3 is 2.73 bits per heavy atom. The second-order valence-electron chi connectivity index (χ2n) is 2.80. The Hall–Kier alpha value is -1.74. The van der Waals surface area contributed by atoms with Crippen molar-refractivity contribution in [3.05, 3.63) is 23.9 Å². The Labute approximate surface area is 84.7 Å². The summed E-state index contributed by atoms with van der Waals surface area (Å²) >= 11 is 0. The van der Waals surface area contributed by atoms with Crippen LogP contribution in [-0.4, -0.2) is 29.2 Å². The fourth-order valence-electron chi connectivity index (χ4n) is 0.757. The molecule has 0 aliphatic heterocycles. The van der Waals surface area contributed by atoms with Crippen LogP contribution in [0.3, 0.4) is 0 Å². The van der Waals surface area contributed by atoms with Crippen LogP contribution in [-0.2, 0) is 0 Å². The van der Waals surface area contributed by atoms with Crippen LogP contribution in [0.25, 0.3) is 0 Å². The molecule has 0 saturated heterocycles. The lowest BCUT2D eigenvalue weighted by molar-refractivity contribution is -0.0809. The second-order valence-corrected chi connectivity index (χ2v) is 2.80. The second kappa shape index (κ2) is 4.66. The third-order valence-corrected chi connectivity index (χ3v) is 1.53. The summed E-state index contributed by atoms with van der Waals surface area (Å²) in [5.41, 5.74) is 0.316. The SMILES string of the molecule is N#Cc1ccc(OCC(F)(F)CO)nc1. The molecule has 0 amide bonds. The lowest BCUT2D eigenvalue weighted by atomic mass is 10.3. The van der Waals surface area contributed by atoms with Gasteiger partial charge in [-0.2, -0.15) is 5.26 Å². The molecule has 1 aromatic rings. The molecule has 0 fully saturated rings. The molecule has 0 aliphatic rings. The number of hydrogen-bond donors (Lipinski definition) is 1. The molecule has 0 saturated carbocycles. The zero-order valence-electron chi connectivity index (χ0n) is 7.65. The van der Waals surface area contributed by atoms with Gasteiger partial charge in [0, 0.05) is 12.3 Å². The van der Waals surface area contributed by atoms with Gasteiger partial charge in [-0.1, -0.05) is 0 Å². The number of alkyl halides is 2. The predicted octanol–water partition coefficient (Wildman–Crippen LogP) is 0.960. The molecule has 80 valence electrons. The number of hydrogen-bond acceptors (Lipinski definition) is 4. The first-order valence-corrected chi connectivity index (χ1v) is 4.05. The highest BCUT2D eigenvalue weighted by Crippen LogP contribution is 2.15. The number of aliphatic hydroxyl groups excluding tert-OH is 1. The summed E-state index contributed by atoms with van der Waals surface area (Å²) in [6, 6.07) is 4.55. The highest BCUT2D eigenvalue weighted by atomic mass is 19.3. The zero-order chi connectivity index (χ0) is 11.3. The van der Waals surface area contributed by atoms with Gasteiger partial charge in [-0.05, 0) is 6.07 Å². The van der Waals surface area contributed by atoms with Crippen molar-refractivity contribution in [3.63, 3.8) is 0 Å². The maximum absolute atomic E-state index is 12.5. The first-order valence-electron chi connectivity index (χ1n) is 4.05. The molecule has 0 aliphatic carbocycles. The van der Waals surface area contributed by atoms with Crippen molar-refractivity contribution in [1.29, 1.82) is 5.26 Å². The summed E-state index contributed by atoms with van der Waals surface area (Å²) in [5, 5.41) is 16.7. The fourth-order valence-corrected chi connectivity index (χ4v) is 0.757. The van der Waals surface area contributed by atoms with Gasteiger partial charge in [0.2, 0.25) is 5.88 Å². The van der Waals surface area contributed by atoms with Gasteiger partial charge < -0.3 is 9.84 Å². The van der Waals surface area contributed by atoms with E-state index in [2.05, 4.69) is 9.72 Å². The topological polar surface area (TPSA) is 66.1 Å². The van der Waals surface area contributed by atoms with Gasteiger partial charge in [0.05, 0.1) is 5.56 Å². The predicted molar refractivity (Wildman–Crippen MR) is 46.5 cm³/mol. The van der Waals surface area contributed by atoms with Crippen molar-refractivity contribution in [2.75, 3.05) is 13.2 Å². The largest absolute Gasteiger partial charge is 0.471 e. The number of nitriles is 1. The molecule has 1 rings (SSSR count). The van der Waals surface area contributed by atoms with E-state index >= 15 is 0 Å². The molecule has 15 heavy (non-hydrogen) atoms. The highest BCUT2D eigenvalue weighted by Gasteiger charge is 2.28. The number of ether oxygens (including phenoxy) is 1. The van der Waals surface area contributed by atoms with E-state index in [1.165, 1.54) is 18.3 Å². The van der Waals surface area contributed by atoms with Crippen LogP contribution >= 0.6 is 0 Å². The van der Waals surface area contributed by atoms with E-state index in [4.69, 9.17) is 10.4 Å². The average Bonchev–Trinajstić information content (AvgIpc) is 2.27. The molecule has 1 heterocycles. The van der Waals surface area contributed by atoms with Crippen molar-refractivity contribution in [2.45, 2.75) is 5.92 Å². The molecular formula is C9H8F2N2O2. The van der Waals surface area contributed by atoms with Crippen LogP contribution in [0.4, 0.5) is 8.78 Å². The molecule has 1 aromatic heterocycles. The number of aromatic nitrogens is 1. The van der Waals surface area contributed by atoms with Gasteiger partial charge in [-0.15, -0.1) is 0 Å². The fraction of sp³-hybridized carbons (Fsp3) is 0.333. The number of rotatable bonds is 4. The molecule has 0 spiro atoms. The minimum atomic E-state index is -3.28. The Morgan fingerprint density at radius 2 is 2.27 bits per heavy atom. The Morgan fingerprint density at radius 1 is 1.53 bits per heavy atom. The Kier molecular flexibility index (Phi) is 3.52. The summed E-state index contributed by atoms with van der Waals surface area (Å²) < 4.78 is 29.7. The zero-order valence-corrected chi connectivity index (χ0v) is 7.65. The summed E-state index contributed by atoms with van der Waals surface area (Å²) in [5.74, 6) is -3.29. The third-order valence-electron chi connectivity index (χ3n) is 1.53. The molecule has 0 bridgehead atoms. The first kappa shape index (κ1) is 11.3. The lowest BCUT2D eigenvalue weighted by Gasteiger charge is -2.13. The minimum absolute atomic E-state index is 0.0119. The summed E-state index contributed by atoms with van der Waals surface area (Å²) in [7, 11) is 0. The van der Waals surface area contributed by atoms with Gasteiger partial charge in [0.25, 0.3) is 0 Å². The van der Waals surface area contributed by atoms with Crippen LogP contribution in [0.15, 0.2) is 18.3 Å². The van der Waals surface area contributed by atoms with Crippen molar-refractivity contribution >= 4 is 0 Å². The third kappa shape index (κ3) is 3.48. The monoisotopic (exact) mass is 214 g/mol. The van der Waals surface area contributed by atoms with Gasteiger partial charge in [0.15, 0.2) is 6.61 Å². The normalized spacial score (nSPS) is 10.8. The van der Waals surface area contributed by atoms with Gasteiger partial charge in [-0.25, -0.2) is 13.8 Å². The van der Waals surface area contributed by atoms with Crippen LogP contribution in [0.5, 0.6) is 5.88 Å². The molecule has 4 nitrogen and oxygen atoms in total. The molecule has 0 unspecified atom stereocenters. The molecule has 0 atom stereocenters. The van der Waals surface area contributed by atoms with Crippen LogP contribution in [0.2, 0.25) is 0 Å². The highest BCUT2D eigenvalue weighted by molar-refractivity contribution is 5.28. The van der Waals surface area contributed by atoms with E-state index < -0.39 is 19.1 Å². The number of halogens is 2. The van der Waals surface area contributed by atoms with Crippen molar-refractivity contribution in [3.8, 4) is 11.9 Å². The molecule has 1 N–H and O–H groups in total. The summed E-state index contributed by atoms with van der Waals surface area (Å²) in [4.78, 5) is 3.63. The first-order chi connectivity index (χ1) is 7.07. The summed E-state index contributed by atoms with van der Waals surface area (Å²) in [6.07, 6.45) is 1.21. The molecule has 0 aromatic carbocycles. The van der Waals surface area contributed by atoms with Crippen LogP contribution in [0, 0.1) is 11.3 Å². The van der Waals surface area contributed by atoms with E-state index in [0.717, 1.165) is 0 Å². The van der Waals surface area contributed by atoms with E-state index in [1.807, 2.05) is 6.07 Å². The number of pyridine rings is 1. The van der Waals surface area contributed by atoms with Crippen LogP contribution < -0.4 is 4.74 Å². The smallest absolute Gasteiger partial charge is 0.303 e. The van der Waals surface area contributed by atoms with Crippen LogP contribution in [0.1, 0.15) is 5.56 Å². The summed E-state index contributed by atoms with van der Waals surface area (Å²) in [6.45, 7) is -2.22. The maximum Gasteiger partial charge on any atom is 0.303 e. The van der Waals surface area contributed by atoms with E-state index in [1.54, 1.807) is 0 Å². The molecular weight excluding hydrogens is 206 g/mol. The van der Waals surface area contributed by atoms with E-state index in [0.29, 0.717) is 5.56 Å². The van der Waals surface area contributed by atoms with Gasteiger partial charge >= 0.3 is 5.92 Å².